The Morgan fingerprint density at radius 3 is 2.74 bits per heavy atom. The van der Waals surface area contributed by atoms with E-state index in [0.29, 0.717) is 23.4 Å². The molecule has 1 N–H and O–H groups in total. The normalized spacial score (nSPS) is 17.5. The van der Waals surface area contributed by atoms with Crippen molar-refractivity contribution in [3.63, 3.8) is 0 Å². The maximum Gasteiger partial charge on any atom is 0.245 e. The molecule has 0 unspecified atom stereocenters. The molecule has 3 heterocycles. The van der Waals surface area contributed by atoms with Crippen LogP contribution in [-0.4, -0.2) is 65.5 Å². The number of carbonyl (C=O) groups excluding carboxylic acids is 1. The Morgan fingerprint density at radius 2 is 2.02 bits per heavy atom. The molecule has 0 aliphatic carbocycles. The highest BCUT2D eigenvalue weighted by Gasteiger charge is 2.45. The largest absolute Gasteiger partial charge is 0.487 e. The summed E-state index contributed by atoms with van der Waals surface area (Å²) in [5.74, 6) is 0.0664. The number of sulfonamides is 1. The summed E-state index contributed by atoms with van der Waals surface area (Å²) in [5, 5.41) is 3.58. The molecule has 222 valence electrons. The monoisotopic (exact) mass is 631 g/mol. The number of aryl methyl sites for hydroxylation is 1. The Bertz CT molecular complexity index is 1720. The number of benzene rings is 2. The van der Waals surface area contributed by atoms with Gasteiger partial charge < -0.3 is 19.4 Å². The Hall–Kier alpha value is -3.22. The SMILES string of the molecule is CCCO[C@@H]1C[C@@H](C(=O)NC)N(S(=O)(=O)c2ccc(Cl)c(COc3cccc4c(-n5ccnc5)cc(C)nc34)c2Cl)C1. The summed E-state index contributed by atoms with van der Waals surface area (Å²) in [4.78, 5) is 21.3. The van der Waals surface area contributed by atoms with Gasteiger partial charge in [0.2, 0.25) is 15.9 Å². The van der Waals surface area contributed by atoms with Crippen molar-refractivity contribution < 1.29 is 22.7 Å². The molecule has 1 saturated heterocycles. The molecule has 1 aliphatic rings. The van der Waals surface area contributed by atoms with Gasteiger partial charge in [0.05, 0.1) is 23.1 Å². The van der Waals surface area contributed by atoms with Crippen LogP contribution in [-0.2, 0) is 26.2 Å². The van der Waals surface area contributed by atoms with Crippen molar-refractivity contribution in [2.24, 2.45) is 0 Å². The van der Waals surface area contributed by atoms with Gasteiger partial charge in [0.25, 0.3) is 0 Å². The van der Waals surface area contributed by atoms with E-state index in [2.05, 4.69) is 10.3 Å². The summed E-state index contributed by atoms with van der Waals surface area (Å²) in [6.07, 6.45) is 5.86. The molecule has 10 nitrogen and oxygen atoms in total. The van der Waals surface area contributed by atoms with Crippen LogP contribution in [0.5, 0.6) is 5.75 Å². The van der Waals surface area contributed by atoms with Crippen molar-refractivity contribution in [2.75, 3.05) is 20.2 Å². The molecule has 1 amide bonds. The Kier molecular flexibility index (Phi) is 9.05. The predicted molar refractivity (Wildman–Crippen MR) is 161 cm³/mol. The molecular weight excluding hydrogens is 601 g/mol. The summed E-state index contributed by atoms with van der Waals surface area (Å²) < 4.78 is 42.8. The zero-order valence-electron chi connectivity index (χ0n) is 23.4. The predicted octanol–water partition coefficient (Wildman–Crippen LogP) is 4.92. The van der Waals surface area contributed by atoms with Gasteiger partial charge in [-0.05, 0) is 37.6 Å². The first-order valence-corrected chi connectivity index (χ1v) is 15.7. The second kappa shape index (κ2) is 12.6. The van der Waals surface area contributed by atoms with E-state index in [4.69, 9.17) is 37.7 Å². The van der Waals surface area contributed by atoms with Gasteiger partial charge in [-0.25, -0.2) is 18.4 Å². The number of aromatic nitrogens is 3. The molecule has 5 rings (SSSR count). The van der Waals surface area contributed by atoms with Gasteiger partial charge in [0.1, 0.15) is 28.8 Å². The van der Waals surface area contributed by atoms with Crippen LogP contribution in [0.4, 0.5) is 0 Å². The summed E-state index contributed by atoms with van der Waals surface area (Å²) in [7, 11) is -2.73. The molecule has 0 radical (unpaired) electrons. The zero-order valence-corrected chi connectivity index (χ0v) is 25.7. The van der Waals surface area contributed by atoms with Crippen molar-refractivity contribution in [1.29, 1.82) is 0 Å². The highest BCUT2D eigenvalue weighted by atomic mass is 35.5. The van der Waals surface area contributed by atoms with Crippen LogP contribution in [0.15, 0.2) is 60.0 Å². The Balaban J connectivity index is 1.47. The number of halogens is 2. The average molecular weight is 633 g/mol. The molecule has 4 aromatic rings. The lowest BCUT2D eigenvalue weighted by molar-refractivity contribution is -0.123. The molecule has 13 heteroatoms. The second-order valence-corrected chi connectivity index (χ2v) is 12.6. The van der Waals surface area contributed by atoms with E-state index in [1.165, 1.54) is 19.2 Å². The Morgan fingerprint density at radius 1 is 1.21 bits per heavy atom. The number of rotatable bonds is 10. The summed E-state index contributed by atoms with van der Waals surface area (Å²) in [5.41, 5.74) is 2.60. The number of fused-ring (bicyclic) bond motifs is 1. The van der Waals surface area contributed by atoms with Gasteiger partial charge in [0, 0.05) is 60.7 Å². The topological polar surface area (TPSA) is 116 Å². The maximum absolute atomic E-state index is 13.9. The number of amides is 1. The minimum Gasteiger partial charge on any atom is -0.487 e. The number of pyridine rings is 1. The summed E-state index contributed by atoms with van der Waals surface area (Å²) in [6, 6.07) is 9.42. The molecule has 0 spiro atoms. The lowest BCUT2D eigenvalue weighted by Crippen LogP contribution is -2.44. The second-order valence-electron chi connectivity index (χ2n) is 9.97. The van der Waals surface area contributed by atoms with Crippen LogP contribution < -0.4 is 10.1 Å². The first-order valence-electron chi connectivity index (χ1n) is 13.5. The molecule has 2 atom stereocenters. The van der Waals surface area contributed by atoms with Crippen molar-refractivity contribution in [3.8, 4) is 11.4 Å². The lowest BCUT2D eigenvalue weighted by Gasteiger charge is -2.24. The first kappa shape index (κ1) is 30.2. The summed E-state index contributed by atoms with van der Waals surface area (Å²) in [6.45, 7) is 4.24. The minimum absolute atomic E-state index is 0.0332. The quantitative estimate of drug-likeness (QED) is 0.264. The van der Waals surface area contributed by atoms with Crippen LogP contribution in [0, 0.1) is 6.92 Å². The third-order valence-corrected chi connectivity index (χ3v) is 9.94. The standard InChI is InChI=1S/C29H31Cl2N5O5S/c1-4-12-40-19-14-24(29(37)32-3)36(15-19)42(38,39)26-9-8-22(30)21(27(26)31)16-41-25-7-5-6-20-23(35-11-10-33-17-35)13-18(2)34-28(20)25/h5-11,13,17,19,24H,4,12,14-16H2,1-3H3,(H,32,37)/t19-,24+/m1/s1. The number of nitrogens with one attached hydrogen (secondary N) is 1. The van der Waals surface area contributed by atoms with Gasteiger partial charge >= 0.3 is 0 Å². The number of imidazole rings is 1. The van der Waals surface area contributed by atoms with Crippen LogP contribution in [0.2, 0.25) is 10.0 Å². The van der Waals surface area contributed by atoms with E-state index in [-0.39, 0.29) is 34.5 Å². The van der Waals surface area contributed by atoms with E-state index in [1.807, 2.05) is 42.8 Å². The highest BCUT2D eigenvalue weighted by Crippen LogP contribution is 2.37. The molecule has 1 aliphatic heterocycles. The molecule has 0 bridgehead atoms. The fourth-order valence-electron chi connectivity index (χ4n) is 5.09. The molecule has 2 aromatic carbocycles. The third kappa shape index (κ3) is 5.84. The lowest BCUT2D eigenvalue weighted by atomic mass is 10.1. The fourth-order valence-corrected chi connectivity index (χ4v) is 7.58. The highest BCUT2D eigenvalue weighted by molar-refractivity contribution is 7.89. The van der Waals surface area contributed by atoms with Gasteiger partial charge in [-0.2, -0.15) is 4.31 Å². The maximum atomic E-state index is 13.9. The molecule has 42 heavy (non-hydrogen) atoms. The number of para-hydroxylation sites is 1. The van der Waals surface area contributed by atoms with Gasteiger partial charge in [0.15, 0.2) is 0 Å². The van der Waals surface area contributed by atoms with Crippen LogP contribution in [0.1, 0.15) is 31.0 Å². The van der Waals surface area contributed by atoms with E-state index in [1.54, 1.807) is 18.6 Å². The van der Waals surface area contributed by atoms with E-state index in [0.717, 1.165) is 27.5 Å². The number of likely N-dealkylation sites (N-methyl/N-ethyl adjacent to an activating group) is 1. The fraction of sp³-hybridized carbons (Fsp3) is 0.345. The van der Waals surface area contributed by atoms with Crippen LogP contribution >= 0.6 is 23.2 Å². The van der Waals surface area contributed by atoms with Gasteiger partial charge in [-0.1, -0.05) is 42.3 Å². The number of ether oxygens (including phenoxy) is 2. The van der Waals surface area contributed by atoms with E-state index >= 15 is 0 Å². The van der Waals surface area contributed by atoms with Gasteiger partial charge in [-0.3, -0.25) is 4.79 Å². The zero-order chi connectivity index (χ0) is 30.0. The van der Waals surface area contributed by atoms with Crippen molar-refractivity contribution >= 4 is 50.0 Å². The number of hydrogen-bond donors (Lipinski definition) is 1. The smallest absolute Gasteiger partial charge is 0.245 e. The Labute approximate surface area is 254 Å². The number of hydrogen-bond acceptors (Lipinski definition) is 7. The average Bonchev–Trinajstić information content (AvgIpc) is 3.66. The minimum atomic E-state index is -4.20. The van der Waals surface area contributed by atoms with Gasteiger partial charge in [-0.15, -0.1) is 0 Å². The van der Waals surface area contributed by atoms with E-state index < -0.39 is 28.1 Å². The number of carbonyl (C=O) groups is 1. The van der Waals surface area contributed by atoms with Crippen molar-refractivity contribution in [2.45, 2.75) is 50.3 Å². The first-order chi connectivity index (χ1) is 20.1. The third-order valence-electron chi connectivity index (χ3n) is 7.12. The molecule has 2 aromatic heterocycles. The van der Waals surface area contributed by atoms with Crippen molar-refractivity contribution in [1.82, 2.24) is 24.2 Å². The van der Waals surface area contributed by atoms with Crippen molar-refractivity contribution in [3.05, 3.63) is 76.4 Å². The van der Waals surface area contributed by atoms with Crippen LogP contribution in [0.25, 0.3) is 16.6 Å². The molecule has 0 saturated carbocycles. The van der Waals surface area contributed by atoms with Crippen LogP contribution in [0.3, 0.4) is 0 Å². The number of nitrogens with zero attached hydrogens (tertiary/aromatic N) is 4. The van der Waals surface area contributed by atoms with E-state index in [9.17, 15) is 13.2 Å². The molecular formula is C29H31Cl2N5O5S. The summed E-state index contributed by atoms with van der Waals surface area (Å²) >= 11 is 13.2. The molecule has 1 fully saturated rings.